The van der Waals surface area contributed by atoms with E-state index in [-0.39, 0.29) is 28.9 Å². The Morgan fingerprint density at radius 3 is 2.67 bits per heavy atom. The number of hydrogen-bond acceptors (Lipinski definition) is 7. The third-order valence-corrected chi connectivity index (χ3v) is 2.96. The maximum Gasteiger partial charge on any atom is 0.422 e. The summed E-state index contributed by atoms with van der Waals surface area (Å²) in [6.07, 6.45) is -3.32. The Hall–Kier alpha value is -3.37. The van der Waals surface area contributed by atoms with E-state index < -0.39 is 18.7 Å². The fourth-order valence-electron chi connectivity index (χ4n) is 1.88. The van der Waals surface area contributed by atoms with Crippen LogP contribution in [0.3, 0.4) is 0 Å². The molecule has 1 N–H and O–H groups in total. The van der Waals surface area contributed by atoms with Gasteiger partial charge in [-0.25, -0.2) is 4.98 Å². The summed E-state index contributed by atoms with van der Waals surface area (Å²) in [6, 6.07) is 7.21. The number of benzene rings is 1. The lowest BCUT2D eigenvalue weighted by Crippen LogP contribution is -2.28. The minimum atomic E-state index is -4.50. The molecule has 0 saturated carbocycles. The van der Waals surface area contributed by atoms with Gasteiger partial charge in [0.1, 0.15) is 12.9 Å². The molecule has 0 aliphatic carbocycles. The van der Waals surface area contributed by atoms with Gasteiger partial charge in [0.15, 0.2) is 12.3 Å². The molecular formula is C16H15F3N4O4. The predicted octanol–water partition coefficient (Wildman–Crippen LogP) is 2.31. The van der Waals surface area contributed by atoms with Crippen LogP contribution in [0.2, 0.25) is 0 Å². The quantitative estimate of drug-likeness (QED) is 0.582. The summed E-state index contributed by atoms with van der Waals surface area (Å²) in [7, 11) is 2.69. The van der Waals surface area contributed by atoms with Crippen LogP contribution in [0.1, 0.15) is 5.56 Å². The second-order valence-corrected chi connectivity index (χ2v) is 4.88. The number of alkyl halides is 3. The molecule has 0 aliphatic heterocycles. The first-order valence-electron chi connectivity index (χ1n) is 7.47. The summed E-state index contributed by atoms with van der Waals surface area (Å²) in [4.78, 5) is 24.3. The number of amides is 1. The van der Waals surface area contributed by atoms with E-state index in [9.17, 15) is 18.0 Å². The number of nitrogens with zero attached hydrogens (tertiary/aromatic N) is 3. The molecule has 2 aromatic rings. The normalized spacial score (nSPS) is 11.7. The van der Waals surface area contributed by atoms with E-state index in [1.807, 2.05) is 0 Å². The highest BCUT2D eigenvalue weighted by Gasteiger charge is 2.28. The zero-order chi connectivity index (χ0) is 19.9. The number of likely N-dealkylation sites (N-methyl/N-ethyl adjacent to an activating group) is 1. The summed E-state index contributed by atoms with van der Waals surface area (Å²) < 4.78 is 46.8. The van der Waals surface area contributed by atoms with E-state index >= 15 is 0 Å². The van der Waals surface area contributed by atoms with E-state index in [0.717, 1.165) is 6.07 Å². The monoisotopic (exact) mass is 384 g/mol. The highest BCUT2D eigenvalue weighted by Crippen LogP contribution is 2.25. The second kappa shape index (κ2) is 8.83. The number of oxime groups is 1. The predicted molar refractivity (Wildman–Crippen MR) is 87.7 cm³/mol. The van der Waals surface area contributed by atoms with Crippen LogP contribution in [-0.2, 0) is 9.63 Å². The summed E-state index contributed by atoms with van der Waals surface area (Å²) in [5.41, 5.74) is 0.198. The molecule has 1 aromatic heterocycles. The molecule has 8 nitrogen and oxygen atoms in total. The minimum absolute atomic E-state index is 0.0694. The van der Waals surface area contributed by atoms with Crippen molar-refractivity contribution < 1.29 is 32.3 Å². The standard InChI is InChI=1S/C16H15F3N4O4/c1-20-14(24)13(23-25-2)10-5-3-4-6-11(10)27-15-21-8-7-12(22-15)26-9-16(17,18)19/h3-8H,9H2,1-2H3,(H,20,24). The van der Waals surface area contributed by atoms with E-state index in [2.05, 4.69) is 30.0 Å². The number of carbonyl (C=O) groups is 1. The van der Waals surface area contributed by atoms with Gasteiger partial charge >= 0.3 is 12.2 Å². The number of para-hydroxylation sites is 1. The number of aromatic nitrogens is 2. The molecule has 0 spiro atoms. The van der Waals surface area contributed by atoms with Gasteiger partial charge in [-0.3, -0.25) is 4.79 Å². The van der Waals surface area contributed by atoms with Crippen molar-refractivity contribution in [3.8, 4) is 17.6 Å². The summed E-state index contributed by atoms with van der Waals surface area (Å²) in [5, 5.41) is 6.09. The van der Waals surface area contributed by atoms with Crippen molar-refractivity contribution in [3.63, 3.8) is 0 Å². The summed E-state index contributed by atoms with van der Waals surface area (Å²) in [5.74, 6) is -0.701. The molecule has 0 atom stereocenters. The zero-order valence-corrected chi connectivity index (χ0v) is 14.3. The molecule has 0 radical (unpaired) electrons. The van der Waals surface area contributed by atoms with Crippen molar-refractivity contribution in [1.29, 1.82) is 0 Å². The van der Waals surface area contributed by atoms with Gasteiger partial charge in [-0.2, -0.15) is 18.2 Å². The highest BCUT2D eigenvalue weighted by molar-refractivity contribution is 6.45. The molecule has 0 saturated heterocycles. The Morgan fingerprint density at radius 2 is 2.00 bits per heavy atom. The second-order valence-electron chi connectivity index (χ2n) is 4.88. The summed E-state index contributed by atoms with van der Waals surface area (Å²) >= 11 is 0. The van der Waals surface area contributed by atoms with Crippen LogP contribution in [0.15, 0.2) is 41.7 Å². The van der Waals surface area contributed by atoms with Crippen LogP contribution in [0, 0.1) is 0 Å². The Labute approximate surface area is 152 Å². The Morgan fingerprint density at radius 1 is 1.26 bits per heavy atom. The van der Waals surface area contributed by atoms with Crippen LogP contribution in [0.25, 0.3) is 0 Å². The third kappa shape index (κ3) is 5.83. The van der Waals surface area contributed by atoms with Crippen molar-refractivity contribution in [2.75, 3.05) is 20.8 Å². The van der Waals surface area contributed by atoms with Gasteiger partial charge in [0.2, 0.25) is 5.88 Å². The van der Waals surface area contributed by atoms with E-state index in [1.54, 1.807) is 18.2 Å². The average Bonchev–Trinajstić information content (AvgIpc) is 2.64. The lowest BCUT2D eigenvalue weighted by molar-refractivity contribution is -0.154. The van der Waals surface area contributed by atoms with Gasteiger partial charge in [-0.1, -0.05) is 17.3 Å². The van der Waals surface area contributed by atoms with Gasteiger partial charge in [0.25, 0.3) is 5.91 Å². The third-order valence-electron chi connectivity index (χ3n) is 2.96. The van der Waals surface area contributed by atoms with Crippen LogP contribution < -0.4 is 14.8 Å². The lowest BCUT2D eigenvalue weighted by atomic mass is 10.1. The molecule has 11 heteroatoms. The van der Waals surface area contributed by atoms with Crippen LogP contribution >= 0.6 is 0 Å². The van der Waals surface area contributed by atoms with Gasteiger partial charge in [0.05, 0.1) is 5.56 Å². The number of carbonyl (C=O) groups excluding carboxylic acids is 1. The van der Waals surface area contributed by atoms with Gasteiger partial charge in [0, 0.05) is 19.3 Å². The minimum Gasteiger partial charge on any atom is -0.468 e. The van der Waals surface area contributed by atoms with E-state index in [0.29, 0.717) is 0 Å². The van der Waals surface area contributed by atoms with Crippen LogP contribution in [-0.4, -0.2) is 48.5 Å². The van der Waals surface area contributed by atoms with Crippen LogP contribution in [0.5, 0.6) is 17.6 Å². The smallest absolute Gasteiger partial charge is 0.422 e. The molecule has 1 aromatic carbocycles. The largest absolute Gasteiger partial charge is 0.468 e. The fourth-order valence-corrected chi connectivity index (χ4v) is 1.88. The Balaban J connectivity index is 2.28. The van der Waals surface area contributed by atoms with E-state index in [4.69, 9.17) is 4.74 Å². The average molecular weight is 384 g/mol. The number of ether oxygens (including phenoxy) is 2. The van der Waals surface area contributed by atoms with Crippen molar-refractivity contribution in [1.82, 2.24) is 15.3 Å². The SMILES string of the molecule is CNC(=O)C(=NOC)c1ccccc1Oc1nccc(OCC(F)(F)F)n1. The highest BCUT2D eigenvalue weighted by atomic mass is 19.4. The molecule has 0 unspecified atom stereocenters. The van der Waals surface area contributed by atoms with Gasteiger partial charge in [-0.05, 0) is 12.1 Å². The maximum absolute atomic E-state index is 12.2. The molecule has 2 rings (SSSR count). The van der Waals surface area contributed by atoms with E-state index in [1.165, 1.54) is 26.4 Å². The van der Waals surface area contributed by atoms with Gasteiger partial charge < -0.3 is 19.6 Å². The van der Waals surface area contributed by atoms with Crippen molar-refractivity contribution in [2.45, 2.75) is 6.18 Å². The molecule has 1 heterocycles. The number of halogens is 3. The first kappa shape index (κ1) is 19.9. The maximum atomic E-state index is 12.2. The molecule has 27 heavy (non-hydrogen) atoms. The first-order valence-corrected chi connectivity index (χ1v) is 7.47. The molecular weight excluding hydrogens is 369 g/mol. The lowest BCUT2D eigenvalue weighted by Gasteiger charge is -2.12. The zero-order valence-electron chi connectivity index (χ0n) is 14.3. The number of nitrogens with one attached hydrogen (secondary N) is 1. The number of hydrogen-bond donors (Lipinski definition) is 1. The fraction of sp³-hybridized carbons (Fsp3) is 0.250. The van der Waals surface area contributed by atoms with Gasteiger partial charge in [-0.15, -0.1) is 0 Å². The molecule has 1 amide bonds. The molecule has 0 bridgehead atoms. The topological polar surface area (TPSA) is 94.9 Å². The summed E-state index contributed by atoms with van der Waals surface area (Å²) in [6.45, 7) is -1.50. The molecule has 0 fully saturated rings. The van der Waals surface area contributed by atoms with Crippen LogP contribution in [0.4, 0.5) is 13.2 Å². The first-order chi connectivity index (χ1) is 12.8. The van der Waals surface area contributed by atoms with Crippen molar-refractivity contribution in [2.24, 2.45) is 5.16 Å². The molecule has 144 valence electrons. The number of rotatable bonds is 7. The van der Waals surface area contributed by atoms with Crippen molar-refractivity contribution in [3.05, 3.63) is 42.1 Å². The Bertz CT molecular complexity index is 827. The Kier molecular flexibility index (Phi) is 6.52. The van der Waals surface area contributed by atoms with Crippen molar-refractivity contribution >= 4 is 11.6 Å². The molecule has 0 aliphatic rings.